The zero-order chi connectivity index (χ0) is 8.04. The summed E-state index contributed by atoms with van der Waals surface area (Å²) in [4.78, 5) is 0. The van der Waals surface area contributed by atoms with Crippen LogP contribution in [0.15, 0.2) is 0 Å². The number of nitrogens with two attached hydrogens (primary N) is 1. The molecule has 0 aromatic carbocycles. The number of ether oxygens (including phenoxy) is 1. The molecule has 3 heteroatoms. The molecule has 0 aromatic heterocycles. The smallest absolute Gasteiger partial charge is 0.174 e. The fourth-order valence-electron chi connectivity index (χ4n) is 0.862. The van der Waals surface area contributed by atoms with Crippen molar-refractivity contribution in [2.24, 2.45) is 0 Å². The summed E-state index contributed by atoms with van der Waals surface area (Å²) >= 11 is 0. The van der Waals surface area contributed by atoms with Gasteiger partial charge in [-0.05, 0) is 0 Å². The minimum atomic E-state index is -1.04. The van der Waals surface area contributed by atoms with Gasteiger partial charge in [-0.3, -0.25) is 5.41 Å². The van der Waals surface area contributed by atoms with Crippen LogP contribution in [0.2, 0.25) is 0 Å². The van der Waals surface area contributed by atoms with Crippen LogP contribution in [0.1, 0.15) is 26.2 Å². The van der Waals surface area contributed by atoms with Crippen molar-refractivity contribution in [1.29, 1.82) is 0 Å². The fourth-order valence-corrected chi connectivity index (χ4v) is 0.862. The van der Waals surface area contributed by atoms with Crippen molar-refractivity contribution in [2.75, 3.05) is 7.11 Å². The van der Waals surface area contributed by atoms with Crippen molar-refractivity contribution in [3.63, 3.8) is 0 Å². The summed E-state index contributed by atoms with van der Waals surface area (Å²) < 4.78 is 4.86. The van der Waals surface area contributed by atoms with E-state index in [1.165, 1.54) is 13.3 Å². The Morgan fingerprint density at radius 1 is 1.70 bits per heavy atom. The molecule has 0 fully saturated rings. The third-order valence-corrected chi connectivity index (χ3v) is 1.46. The topological polar surface area (TPSA) is 55.0 Å². The normalized spacial score (nSPS) is 16.3. The van der Waals surface area contributed by atoms with Crippen LogP contribution in [0.25, 0.3) is 0 Å². The van der Waals surface area contributed by atoms with Crippen molar-refractivity contribution in [3.8, 4) is 0 Å². The third-order valence-electron chi connectivity index (χ3n) is 1.46. The van der Waals surface area contributed by atoms with E-state index in [0.29, 0.717) is 12.8 Å². The minimum Gasteiger partial charge on any atom is -0.365 e. The van der Waals surface area contributed by atoms with E-state index in [1.807, 2.05) is 6.92 Å². The maximum atomic E-state index is 9.49. The van der Waals surface area contributed by atoms with Crippen molar-refractivity contribution in [2.45, 2.75) is 32.0 Å². The summed E-state index contributed by atoms with van der Waals surface area (Å²) in [5.74, 6) is -1.04. The Labute approximate surface area is 61.5 Å². The van der Waals surface area contributed by atoms with Crippen LogP contribution in [0.4, 0.5) is 0 Å². The van der Waals surface area contributed by atoms with Crippen LogP contribution in [0, 0.1) is 0 Å². The van der Waals surface area contributed by atoms with E-state index in [2.05, 4.69) is 0 Å². The van der Waals surface area contributed by atoms with E-state index in [0.717, 1.165) is 6.42 Å². The first kappa shape index (κ1) is 9.59. The SMILES string of the molecule is CCCC(O)(CC=[NH2+])OC. The number of hydrogen-bond acceptors (Lipinski definition) is 2. The lowest BCUT2D eigenvalue weighted by molar-refractivity contribution is -0.191. The van der Waals surface area contributed by atoms with Gasteiger partial charge >= 0.3 is 0 Å². The lowest BCUT2D eigenvalue weighted by Gasteiger charge is -2.22. The monoisotopic (exact) mass is 146 g/mol. The lowest BCUT2D eigenvalue weighted by Crippen LogP contribution is -2.38. The molecule has 3 nitrogen and oxygen atoms in total. The fraction of sp³-hybridized carbons (Fsp3) is 0.857. The largest absolute Gasteiger partial charge is 0.365 e. The molecular formula is C7H16NO2+. The second-order valence-corrected chi connectivity index (χ2v) is 2.34. The molecule has 0 saturated carbocycles. The van der Waals surface area contributed by atoms with Gasteiger partial charge in [-0.25, -0.2) is 0 Å². The minimum absolute atomic E-state index is 0.386. The maximum absolute atomic E-state index is 9.49. The first-order chi connectivity index (χ1) is 4.68. The second kappa shape index (κ2) is 4.41. The summed E-state index contributed by atoms with van der Waals surface area (Å²) in [6, 6.07) is 0. The lowest BCUT2D eigenvalue weighted by atomic mass is 10.1. The van der Waals surface area contributed by atoms with Crippen molar-refractivity contribution in [1.82, 2.24) is 0 Å². The quantitative estimate of drug-likeness (QED) is 0.399. The van der Waals surface area contributed by atoms with Gasteiger partial charge in [-0.1, -0.05) is 13.3 Å². The molecule has 0 spiro atoms. The van der Waals surface area contributed by atoms with Gasteiger partial charge in [0, 0.05) is 13.5 Å². The highest BCUT2D eigenvalue weighted by Gasteiger charge is 2.24. The average Bonchev–Trinajstić information content (AvgIpc) is 1.89. The van der Waals surface area contributed by atoms with Gasteiger partial charge in [0.1, 0.15) is 6.21 Å². The van der Waals surface area contributed by atoms with Gasteiger partial charge in [0.05, 0.1) is 6.42 Å². The summed E-state index contributed by atoms with van der Waals surface area (Å²) in [6.45, 7) is 1.99. The molecule has 60 valence electrons. The molecule has 0 rings (SSSR count). The maximum Gasteiger partial charge on any atom is 0.174 e. The molecule has 0 heterocycles. The molecule has 0 aromatic rings. The Kier molecular flexibility index (Phi) is 4.23. The molecule has 1 atom stereocenters. The van der Waals surface area contributed by atoms with Gasteiger partial charge in [-0.2, -0.15) is 0 Å². The number of rotatable bonds is 5. The number of aliphatic hydroxyl groups is 1. The molecule has 0 aliphatic rings. The Morgan fingerprint density at radius 3 is 2.60 bits per heavy atom. The summed E-state index contributed by atoms with van der Waals surface area (Å²) in [6.07, 6.45) is 3.31. The van der Waals surface area contributed by atoms with E-state index < -0.39 is 5.79 Å². The first-order valence-electron chi connectivity index (χ1n) is 3.49. The van der Waals surface area contributed by atoms with E-state index in [-0.39, 0.29) is 0 Å². The van der Waals surface area contributed by atoms with Gasteiger partial charge in [-0.15, -0.1) is 0 Å². The standard InChI is InChI=1S/C7H15NO2/c1-3-4-7(9,10-2)5-6-8/h6,8-9H,3-5H2,1-2H3/p+1. The number of methoxy groups -OCH3 is 1. The second-order valence-electron chi connectivity index (χ2n) is 2.34. The average molecular weight is 146 g/mol. The van der Waals surface area contributed by atoms with Crippen molar-refractivity contribution >= 4 is 6.21 Å². The molecule has 0 amide bonds. The van der Waals surface area contributed by atoms with Crippen LogP contribution in [-0.4, -0.2) is 24.2 Å². The van der Waals surface area contributed by atoms with Crippen LogP contribution in [-0.2, 0) is 4.74 Å². The highest BCUT2D eigenvalue weighted by molar-refractivity contribution is 5.50. The van der Waals surface area contributed by atoms with Crippen molar-refractivity contribution in [3.05, 3.63) is 0 Å². The Balaban J connectivity index is 3.80. The predicted molar refractivity (Wildman–Crippen MR) is 39.5 cm³/mol. The van der Waals surface area contributed by atoms with Crippen LogP contribution < -0.4 is 5.41 Å². The first-order valence-corrected chi connectivity index (χ1v) is 3.49. The zero-order valence-electron chi connectivity index (χ0n) is 6.63. The molecule has 0 bridgehead atoms. The Bertz CT molecular complexity index is 106. The highest BCUT2D eigenvalue weighted by Crippen LogP contribution is 2.15. The van der Waals surface area contributed by atoms with Gasteiger partial charge < -0.3 is 9.84 Å². The molecule has 1 unspecified atom stereocenters. The molecule has 0 aliphatic heterocycles. The third kappa shape index (κ3) is 2.94. The molecule has 3 N–H and O–H groups in total. The Morgan fingerprint density at radius 2 is 2.30 bits per heavy atom. The molecule has 0 radical (unpaired) electrons. The summed E-state index contributed by atoms with van der Waals surface area (Å²) in [7, 11) is 1.49. The van der Waals surface area contributed by atoms with E-state index >= 15 is 0 Å². The van der Waals surface area contributed by atoms with Crippen LogP contribution >= 0.6 is 0 Å². The zero-order valence-corrected chi connectivity index (χ0v) is 6.63. The summed E-state index contributed by atoms with van der Waals surface area (Å²) in [5.41, 5.74) is 0. The highest BCUT2D eigenvalue weighted by atomic mass is 16.6. The van der Waals surface area contributed by atoms with Crippen molar-refractivity contribution < 1.29 is 15.3 Å². The summed E-state index contributed by atoms with van der Waals surface area (Å²) in [5, 5.41) is 14.6. The van der Waals surface area contributed by atoms with Crippen LogP contribution in [0.3, 0.4) is 0 Å². The van der Waals surface area contributed by atoms with E-state index in [1.54, 1.807) is 0 Å². The van der Waals surface area contributed by atoms with E-state index in [9.17, 15) is 5.11 Å². The van der Waals surface area contributed by atoms with Gasteiger partial charge in [0.2, 0.25) is 0 Å². The predicted octanol–water partition coefficient (Wildman–Crippen LogP) is -0.659. The Hall–Kier alpha value is -0.410. The van der Waals surface area contributed by atoms with Gasteiger partial charge in [0.15, 0.2) is 5.79 Å². The molecular weight excluding hydrogens is 130 g/mol. The van der Waals surface area contributed by atoms with Gasteiger partial charge in [0.25, 0.3) is 0 Å². The molecule has 0 aliphatic carbocycles. The molecule has 0 saturated heterocycles. The number of hydrogen-bond donors (Lipinski definition) is 2. The molecule has 10 heavy (non-hydrogen) atoms. The van der Waals surface area contributed by atoms with E-state index in [4.69, 9.17) is 10.1 Å². The van der Waals surface area contributed by atoms with Crippen LogP contribution in [0.5, 0.6) is 0 Å².